The number of hydrogen-bond donors (Lipinski definition) is 0. The number of aromatic nitrogens is 1. The number of hydrogen-bond acceptors (Lipinski definition) is 0. The Morgan fingerprint density at radius 2 is 1.00 bits per heavy atom. The van der Waals surface area contributed by atoms with Gasteiger partial charge in [-0.2, -0.15) is 0 Å². The third-order valence-electron chi connectivity index (χ3n) is 7.34. The third-order valence-corrected chi connectivity index (χ3v) is 7.34. The van der Waals surface area contributed by atoms with Gasteiger partial charge in [-0.3, -0.25) is 0 Å². The van der Waals surface area contributed by atoms with Gasteiger partial charge in [0.25, 0.3) is 11.4 Å². The minimum Gasteiger partial charge on any atom is -0.657 e. The van der Waals surface area contributed by atoms with Crippen molar-refractivity contribution in [3.8, 4) is 11.1 Å². The molecule has 0 atom stereocenters. The third kappa shape index (κ3) is 5.50. The van der Waals surface area contributed by atoms with Gasteiger partial charge in [-0.1, -0.05) is 103 Å². The van der Waals surface area contributed by atoms with Gasteiger partial charge in [0.2, 0.25) is 11.4 Å². The van der Waals surface area contributed by atoms with Crippen molar-refractivity contribution in [2.24, 2.45) is 0 Å². The van der Waals surface area contributed by atoms with Crippen molar-refractivity contribution in [2.75, 3.05) is 0 Å². The first-order valence-electron chi connectivity index (χ1n) is 13.8. The van der Waals surface area contributed by atoms with E-state index in [1.165, 1.54) is 11.1 Å². The molecule has 0 saturated heterocycles. The van der Waals surface area contributed by atoms with Crippen LogP contribution in [0.3, 0.4) is 0 Å². The molecule has 7 aromatic rings. The van der Waals surface area contributed by atoms with Gasteiger partial charge in [-0.05, 0) is 43.2 Å². The maximum Gasteiger partial charge on any atom is 1.00 e. The Morgan fingerprint density at radius 3 is 1.56 bits per heavy atom. The summed E-state index contributed by atoms with van der Waals surface area (Å²) >= 11 is 0. The zero-order chi connectivity index (χ0) is 28.3. The van der Waals surface area contributed by atoms with Crippen LogP contribution in [0, 0.1) is 6.57 Å². The van der Waals surface area contributed by atoms with E-state index in [0.717, 1.165) is 44.6 Å². The smallest absolute Gasteiger partial charge is 0.657 e. The van der Waals surface area contributed by atoms with Crippen molar-refractivity contribution in [3.63, 3.8) is 0 Å². The Labute approximate surface area is 265 Å². The van der Waals surface area contributed by atoms with Gasteiger partial charge in [0.15, 0.2) is 5.69 Å². The normalized spacial score (nSPS) is 11.4. The SMILES string of the molecule is C1=[N+](c2ccccc2)c2ccccc2[N+]=1c1ccccc1.[Au+].[C-]#[N+]c1ccc2[n-]c3ccc(-c4ccccc4)cc3c2c1. The molecule has 1 aromatic heterocycles. The van der Waals surface area contributed by atoms with Crippen LogP contribution < -0.4 is 14.1 Å². The first-order valence-corrected chi connectivity index (χ1v) is 13.8. The van der Waals surface area contributed by atoms with Gasteiger partial charge in [0.1, 0.15) is 0 Å². The maximum absolute atomic E-state index is 7.16. The van der Waals surface area contributed by atoms with E-state index in [1.54, 1.807) is 0 Å². The fraction of sp³-hybridized carbons (Fsp3) is 0. The molecule has 0 amide bonds. The topological polar surface area (TPSA) is 24.5 Å². The van der Waals surface area contributed by atoms with E-state index in [2.05, 4.69) is 104 Å². The van der Waals surface area contributed by atoms with Crippen LogP contribution in [0.2, 0.25) is 0 Å². The first kappa shape index (κ1) is 27.9. The van der Waals surface area contributed by atoms with E-state index < -0.39 is 0 Å². The van der Waals surface area contributed by atoms with Gasteiger partial charge in [0.05, 0.1) is 6.57 Å². The monoisotopic (exact) mass is 734 g/mol. The van der Waals surface area contributed by atoms with Crippen LogP contribution in [-0.4, -0.2) is 6.01 Å². The molecule has 43 heavy (non-hydrogen) atoms. The summed E-state index contributed by atoms with van der Waals surface area (Å²) in [5.41, 5.74) is 9.46. The largest absolute Gasteiger partial charge is 1.00 e. The summed E-state index contributed by atoms with van der Waals surface area (Å²) in [4.78, 5) is 8.13. The molecule has 0 spiro atoms. The molecule has 206 valence electrons. The number of fused-ring (bicyclic) bond motifs is 4. The molecule has 6 aromatic carbocycles. The average molecular weight is 735 g/mol. The molecule has 0 radical (unpaired) electrons. The molecule has 0 unspecified atom stereocenters. The molecule has 8 rings (SSSR count). The van der Waals surface area contributed by atoms with Crippen molar-refractivity contribution >= 4 is 56.3 Å². The van der Waals surface area contributed by atoms with Gasteiger partial charge < -0.3 is 4.98 Å². The Kier molecular flexibility index (Phi) is 7.98. The summed E-state index contributed by atoms with van der Waals surface area (Å²) in [5, 5.41) is 2.16. The Bertz CT molecular complexity index is 2100. The minimum atomic E-state index is 0. The van der Waals surface area contributed by atoms with Crippen LogP contribution >= 0.6 is 0 Å². The standard InChI is InChI=1S/C19H11N2.C19H14N2.Au/c1-20-15-8-10-19-17(12-15)16-11-14(7-9-18(16)21-19)13-5-3-2-4-6-13;1-3-9-16(10-4-1)20-15-21(17-11-5-2-6-12-17)19-14-8-7-13-18(19)20;/h2-12H;1-14H;/q-1;+2;+1. The quantitative estimate of drug-likeness (QED) is 0.101. The minimum absolute atomic E-state index is 0. The Hall–Kier alpha value is -5.27. The second-order valence-electron chi connectivity index (χ2n) is 9.95. The molecule has 0 aliphatic carbocycles. The molecule has 2 heterocycles. The Morgan fingerprint density at radius 1 is 0.512 bits per heavy atom. The van der Waals surface area contributed by atoms with E-state index in [9.17, 15) is 0 Å². The van der Waals surface area contributed by atoms with E-state index in [1.807, 2.05) is 72.8 Å². The second kappa shape index (κ2) is 12.3. The van der Waals surface area contributed by atoms with Gasteiger partial charge in [0, 0.05) is 36.4 Å². The summed E-state index contributed by atoms with van der Waals surface area (Å²) in [6.45, 7) is 7.16. The van der Waals surface area contributed by atoms with Crippen LogP contribution in [0.15, 0.2) is 152 Å². The van der Waals surface area contributed by atoms with Crippen molar-refractivity contribution in [3.05, 3.63) is 163 Å². The summed E-state index contributed by atoms with van der Waals surface area (Å²) in [6.07, 6.45) is 0. The van der Waals surface area contributed by atoms with Crippen LogP contribution in [0.5, 0.6) is 0 Å². The first-order chi connectivity index (χ1) is 20.8. The molecule has 1 aliphatic rings. The van der Waals surface area contributed by atoms with Gasteiger partial charge in [-0.25, -0.2) is 4.85 Å². The van der Waals surface area contributed by atoms with E-state index in [0.29, 0.717) is 5.69 Å². The second-order valence-corrected chi connectivity index (χ2v) is 9.95. The average Bonchev–Trinajstić information content (AvgIpc) is 3.64. The zero-order valence-corrected chi connectivity index (χ0v) is 25.2. The summed E-state index contributed by atoms with van der Waals surface area (Å²) in [7, 11) is 0. The van der Waals surface area contributed by atoms with Crippen molar-refractivity contribution in [1.82, 2.24) is 14.1 Å². The molecule has 4 nitrogen and oxygen atoms in total. The molecular formula is C38H25AuN4+2. The fourth-order valence-electron chi connectivity index (χ4n) is 5.29. The van der Waals surface area contributed by atoms with Gasteiger partial charge in [-0.15, -0.1) is 11.0 Å². The summed E-state index contributed by atoms with van der Waals surface area (Å²) < 4.78 is 4.20. The van der Waals surface area contributed by atoms with Crippen LogP contribution in [0.1, 0.15) is 0 Å². The number of benzene rings is 6. The predicted molar refractivity (Wildman–Crippen MR) is 174 cm³/mol. The van der Waals surface area contributed by atoms with E-state index in [-0.39, 0.29) is 22.4 Å². The van der Waals surface area contributed by atoms with Crippen molar-refractivity contribution < 1.29 is 22.4 Å². The van der Waals surface area contributed by atoms with E-state index in [4.69, 9.17) is 6.57 Å². The van der Waals surface area contributed by atoms with Crippen molar-refractivity contribution in [1.29, 1.82) is 0 Å². The maximum atomic E-state index is 7.16. The van der Waals surface area contributed by atoms with Crippen molar-refractivity contribution in [2.45, 2.75) is 0 Å². The van der Waals surface area contributed by atoms with Crippen LogP contribution in [0.4, 0.5) is 28.4 Å². The summed E-state index contributed by atoms with van der Waals surface area (Å²) in [5.74, 6) is 0. The molecule has 1 aliphatic heterocycles. The summed E-state index contributed by atoms with van der Waals surface area (Å²) in [6, 6.07) is 54.7. The molecule has 0 bridgehead atoms. The molecular weight excluding hydrogens is 709 g/mol. The zero-order valence-electron chi connectivity index (χ0n) is 23.0. The Balaban J connectivity index is 0.000000150. The predicted octanol–water partition coefficient (Wildman–Crippen LogP) is 9.71. The van der Waals surface area contributed by atoms with Gasteiger partial charge >= 0.3 is 28.4 Å². The molecule has 5 heteroatoms. The van der Waals surface area contributed by atoms with E-state index >= 15 is 0 Å². The number of nitrogens with zero attached hydrogens (tertiary/aromatic N) is 4. The molecule has 0 fully saturated rings. The van der Waals surface area contributed by atoms with Crippen LogP contribution in [-0.2, 0) is 22.4 Å². The molecule has 0 N–H and O–H groups in total. The number of rotatable bonds is 3. The fourth-order valence-corrected chi connectivity index (χ4v) is 5.29. The van der Waals surface area contributed by atoms with Crippen LogP contribution in [0.25, 0.3) is 37.8 Å². The molecule has 0 saturated carbocycles. The number of para-hydroxylation sites is 4.